The van der Waals surface area contributed by atoms with Crippen LogP contribution in [0.3, 0.4) is 0 Å². The van der Waals surface area contributed by atoms with Gasteiger partial charge in [-0.25, -0.2) is 4.39 Å². The highest BCUT2D eigenvalue weighted by Crippen LogP contribution is 2.25. The van der Waals surface area contributed by atoms with Crippen LogP contribution in [0.25, 0.3) is 0 Å². The molecule has 0 aromatic heterocycles. The monoisotopic (exact) mass is 398 g/mol. The van der Waals surface area contributed by atoms with Gasteiger partial charge in [-0.2, -0.15) is 0 Å². The number of amides is 2. The Bertz CT molecular complexity index is 817. The lowest BCUT2D eigenvalue weighted by Crippen LogP contribution is -3.14. The molecule has 0 fully saturated rings. The third kappa shape index (κ3) is 5.69. The maximum Gasteiger partial charge on any atom is 0.282 e. The normalized spacial score (nSPS) is 13.0. The number of carbonyl (C=O) groups excluding carboxylic acids is 2. The largest absolute Gasteiger partial charge is 0.321 e. The number of nitrogens with one attached hydrogen (secondary N) is 3. The van der Waals surface area contributed by atoms with Gasteiger partial charge in [0.15, 0.2) is 12.6 Å². The van der Waals surface area contributed by atoms with Gasteiger partial charge in [0.1, 0.15) is 5.82 Å². The molecule has 2 rings (SSSR count). The first kappa shape index (κ1) is 20.2. The summed E-state index contributed by atoms with van der Waals surface area (Å²) >= 11 is 11.9. The second kappa shape index (κ2) is 8.98. The van der Waals surface area contributed by atoms with Gasteiger partial charge < -0.3 is 15.5 Å². The average Bonchev–Trinajstić information content (AvgIpc) is 2.57. The molecule has 0 spiro atoms. The molecule has 26 heavy (non-hydrogen) atoms. The summed E-state index contributed by atoms with van der Waals surface area (Å²) in [5.41, 5.74) is 0.777. The first-order chi connectivity index (χ1) is 12.3. The average molecular weight is 399 g/mol. The number of likely N-dealkylation sites (N-methyl/N-ethyl adjacent to an activating group) is 1. The number of quaternary nitrogens is 1. The van der Waals surface area contributed by atoms with Crippen LogP contribution < -0.4 is 15.5 Å². The Morgan fingerprint density at radius 1 is 1.15 bits per heavy atom. The van der Waals surface area contributed by atoms with Crippen molar-refractivity contribution in [3.8, 4) is 0 Å². The van der Waals surface area contributed by atoms with E-state index in [1.54, 1.807) is 38.2 Å². The molecule has 2 atom stereocenters. The molecular weight excluding hydrogens is 380 g/mol. The van der Waals surface area contributed by atoms with Gasteiger partial charge in [-0.05, 0) is 43.3 Å². The molecule has 0 heterocycles. The van der Waals surface area contributed by atoms with E-state index in [0.717, 1.165) is 0 Å². The number of rotatable bonds is 6. The van der Waals surface area contributed by atoms with E-state index < -0.39 is 11.9 Å². The summed E-state index contributed by atoms with van der Waals surface area (Å²) in [6.07, 6.45) is 0. The van der Waals surface area contributed by atoms with Crippen LogP contribution in [0.5, 0.6) is 0 Å². The number of anilines is 2. The molecule has 0 aliphatic heterocycles. The van der Waals surface area contributed by atoms with Crippen LogP contribution in [0.1, 0.15) is 6.92 Å². The Labute approximate surface area is 161 Å². The molecule has 1 unspecified atom stereocenters. The van der Waals surface area contributed by atoms with E-state index in [1.165, 1.54) is 18.2 Å². The molecule has 5 nitrogen and oxygen atoms in total. The highest BCUT2D eigenvalue weighted by atomic mass is 35.5. The van der Waals surface area contributed by atoms with Gasteiger partial charge in [0.2, 0.25) is 0 Å². The van der Waals surface area contributed by atoms with Gasteiger partial charge in [-0.1, -0.05) is 29.3 Å². The molecular formula is C18H19Cl2FN3O2+. The third-order valence-electron chi connectivity index (χ3n) is 3.87. The Morgan fingerprint density at radius 3 is 2.58 bits per heavy atom. The highest BCUT2D eigenvalue weighted by Gasteiger charge is 2.24. The fraction of sp³-hybridized carbons (Fsp3) is 0.222. The Hall–Kier alpha value is -2.15. The van der Waals surface area contributed by atoms with Crippen LogP contribution in [0.4, 0.5) is 15.8 Å². The maximum absolute atomic E-state index is 13.2. The van der Waals surface area contributed by atoms with Gasteiger partial charge in [-0.15, -0.1) is 0 Å². The molecule has 0 saturated heterocycles. The van der Waals surface area contributed by atoms with Crippen molar-refractivity contribution < 1.29 is 18.9 Å². The number of hydrogen-bond acceptors (Lipinski definition) is 2. The molecule has 2 amide bonds. The Morgan fingerprint density at radius 2 is 1.88 bits per heavy atom. The minimum Gasteiger partial charge on any atom is -0.321 e. The minimum absolute atomic E-state index is 0.0361. The van der Waals surface area contributed by atoms with Crippen molar-refractivity contribution in [3.63, 3.8) is 0 Å². The van der Waals surface area contributed by atoms with E-state index >= 15 is 0 Å². The van der Waals surface area contributed by atoms with Crippen molar-refractivity contribution in [1.29, 1.82) is 0 Å². The first-order valence-corrected chi connectivity index (χ1v) is 8.65. The Kier molecular flexibility index (Phi) is 6.97. The van der Waals surface area contributed by atoms with E-state index in [1.807, 2.05) is 0 Å². The summed E-state index contributed by atoms with van der Waals surface area (Å²) in [7, 11) is 1.72. The van der Waals surface area contributed by atoms with E-state index in [4.69, 9.17) is 23.2 Å². The Balaban J connectivity index is 1.93. The van der Waals surface area contributed by atoms with E-state index in [-0.39, 0.29) is 18.4 Å². The molecule has 138 valence electrons. The van der Waals surface area contributed by atoms with Gasteiger partial charge in [0.25, 0.3) is 11.8 Å². The quantitative estimate of drug-likeness (QED) is 0.700. The number of hydrogen-bond donors (Lipinski definition) is 3. The minimum atomic E-state index is -0.525. The summed E-state index contributed by atoms with van der Waals surface area (Å²) in [5, 5.41) is 6.13. The van der Waals surface area contributed by atoms with Crippen LogP contribution in [0, 0.1) is 5.82 Å². The first-order valence-electron chi connectivity index (χ1n) is 7.90. The zero-order valence-corrected chi connectivity index (χ0v) is 15.8. The lowest BCUT2D eigenvalue weighted by Gasteiger charge is -2.21. The van der Waals surface area contributed by atoms with Gasteiger partial charge in [-0.3, -0.25) is 9.59 Å². The predicted molar refractivity (Wildman–Crippen MR) is 101 cm³/mol. The number of benzene rings is 2. The summed E-state index contributed by atoms with van der Waals surface area (Å²) < 4.78 is 13.2. The zero-order chi connectivity index (χ0) is 19.3. The van der Waals surface area contributed by atoms with Crippen molar-refractivity contribution in [2.75, 3.05) is 24.2 Å². The standard InChI is InChI=1S/C18H18Cl2FN3O2/c1-11(18(26)23-16-8-12(19)6-7-15(16)20)24(2)10-17(25)22-14-5-3-4-13(21)9-14/h3-9,11H,10H2,1-2H3,(H,22,25)(H,23,26)/p+1/t11-/m1/s1. The highest BCUT2D eigenvalue weighted by molar-refractivity contribution is 6.35. The SMILES string of the molecule is C[C@H](C(=O)Nc1cc(Cl)ccc1Cl)[NH+](C)CC(=O)Nc1cccc(F)c1. The van der Waals surface area contributed by atoms with E-state index in [2.05, 4.69) is 10.6 Å². The predicted octanol–water partition coefficient (Wildman–Crippen LogP) is 2.61. The second-order valence-corrected chi connectivity index (χ2v) is 6.76. The van der Waals surface area contributed by atoms with Crippen molar-refractivity contribution in [3.05, 3.63) is 58.3 Å². The van der Waals surface area contributed by atoms with Crippen LogP contribution in [-0.4, -0.2) is 31.4 Å². The maximum atomic E-state index is 13.2. The van der Waals surface area contributed by atoms with Crippen molar-refractivity contribution in [2.24, 2.45) is 0 Å². The topological polar surface area (TPSA) is 62.6 Å². The summed E-state index contributed by atoms with van der Waals surface area (Å²) in [5.74, 6) is -1.06. The van der Waals surface area contributed by atoms with Gasteiger partial charge in [0.05, 0.1) is 17.8 Å². The summed E-state index contributed by atoms with van der Waals surface area (Å²) in [6, 6.07) is 9.86. The second-order valence-electron chi connectivity index (χ2n) is 5.92. The molecule has 2 aromatic carbocycles. The molecule has 8 heteroatoms. The van der Waals surface area contributed by atoms with Gasteiger partial charge in [0, 0.05) is 10.7 Å². The molecule has 0 bridgehead atoms. The van der Waals surface area contributed by atoms with E-state index in [0.29, 0.717) is 26.3 Å². The van der Waals surface area contributed by atoms with E-state index in [9.17, 15) is 14.0 Å². The summed E-state index contributed by atoms with van der Waals surface area (Å²) in [6.45, 7) is 1.73. The smallest absolute Gasteiger partial charge is 0.282 e. The molecule has 0 aliphatic carbocycles. The van der Waals surface area contributed by atoms with Crippen molar-refractivity contribution >= 4 is 46.4 Å². The molecule has 0 aliphatic rings. The lowest BCUT2D eigenvalue weighted by molar-refractivity contribution is -0.885. The van der Waals surface area contributed by atoms with Crippen LogP contribution in [0.2, 0.25) is 10.0 Å². The fourth-order valence-corrected chi connectivity index (χ4v) is 2.57. The number of halogens is 3. The molecule has 0 radical (unpaired) electrons. The van der Waals surface area contributed by atoms with Gasteiger partial charge >= 0.3 is 0 Å². The molecule has 0 saturated carbocycles. The zero-order valence-electron chi connectivity index (χ0n) is 14.3. The lowest BCUT2D eigenvalue weighted by atomic mass is 10.2. The summed E-state index contributed by atoms with van der Waals surface area (Å²) in [4.78, 5) is 25.1. The molecule has 3 N–H and O–H groups in total. The van der Waals surface area contributed by atoms with Crippen molar-refractivity contribution in [2.45, 2.75) is 13.0 Å². The molecule has 2 aromatic rings. The van der Waals surface area contributed by atoms with Crippen LogP contribution >= 0.6 is 23.2 Å². The van der Waals surface area contributed by atoms with Crippen LogP contribution in [0.15, 0.2) is 42.5 Å². The van der Waals surface area contributed by atoms with Crippen molar-refractivity contribution in [1.82, 2.24) is 0 Å². The third-order valence-corrected chi connectivity index (χ3v) is 4.43. The fourth-order valence-electron chi connectivity index (χ4n) is 2.24. The number of carbonyl (C=O) groups is 2. The van der Waals surface area contributed by atoms with Crippen LogP contribution in [-0.2, 0) is 9.59 Å².